The lowest BCUT2D eigenvalue weighted by atomic mass is 10.2. The highest BCUT2D eigenvalue weighted by Gasteiger charge is 2.26. The predicted molar refractivity (Wildman–Crippen MR) is 75.0 cm³/mol. The molecule has 0 amide bonds. The van der Waals surface area contributed by atoms with Crippen molar-refractivity contribution in [1.82, 2.24) is 9.88 Å². The third-order valence-electron chi connectivity index (χ3n) is 4.33. The standard InChI is InChI=1S/C15H20N4/c16-12-13-4-3-7-15(17-13)19-10-8-18(9-11-19)14-5-1-2-6-14/h3-4,7,14H,1-2,5-6,8-11H2. The van der Waals surface area contributed by atoms with Crippen LogP contribution in [0.25, 0.3) is 0 Å². The molecule has 2 heterocycles. The Morgan fingerprint density at radius 3 is 2.53 bits per heavy atom. The van der Waals surface area contributed by atoms with E-state index in [-0.39, 0.29) is 0 Å². The fraction of sp³-hybridized carbons (Fsp3) is 0.600. The van der Waals surface area contributed by atoms with Crippen molar-refractivity contribution >= 4 is 5.82 Å². The summed E-state index contributed by atoms with van der Waals surface area (Å²) in [6.07, 6.45) is 5.55. The van der Waals surface area contributed by atoms with E-state index >= 15 is 0 Å². The maximum atomic E-state index is 8.91. The second-order valence-electron chi connectivity index (χ2n) is 5.45. The van der Waals surface area contributed by atoms with Crippen molar-refractivity contribution in [2.45, 2.75) is 31.7 Å². The van der Waals surface area contributed by atoms with Gasteiger partial charge in [-0.05, 0) is 25.0 Å². The molecular weight excluding hydrogens is 236 g/mol. The molecule has 1 aliphatic carbocycles. The molecular formula is C15H20N4. The highest BCUT2D eigenvalue weighted by atomic mass is 15.3. The van der Waals surface area contributed by atoms with Crippen LogP contribution in [0.5, 0.6) is 0 Å². The average Bonchev–Trinajstić information content (AvgIpc) is 3.02. The van der Waals surface area contributed by atoms with Crippen LogP contribution in [0.2, 0.25) is 0 Å². The Morgan fingerprint density at radius 1 is 1.11 bits per heavy atom. The van der Waals surface area contributed by atoms with Gasteiger partial charge in [-0.2, -0.15) is 5.26 Å². The van der Waals surface area contributed by atoms with E-state index in [1.807, 2.05) is 12.1 Å². The fourth-order valence-electron chi connectivity index (χ4n) is 3.25. The first-order valence-corrected chi connectivity index (χ1v) is 7.23. The van der Waals surface area contributed by atoms with Gasteiger partial charge in [0.2, 0.25) is 0 Å². The summed E-state index contributed by atoms with van der Waals surface area (Å²) in [6.45, 7) is 4.31. The molecule has 1 saturated heterocycles. The molecule has 4 heteroatoms. The second-order valence-corrected chi connectivity index (χ2v) is 5.45. The minimum absolute atomic E-state index is 0.510. The molecule has 4 nitrogen and oxygen atoms in total. The Labute approximate surface area is 114 Å². The SMILES string of the molecule is N#Cc1cccc(N2CCN(C3CCCC3)CC2)n1. The lowest BCUT2D eigenvalue weighted by Gasteiger charge is -2.38. The molecule has 1 aromatic rings. The highest BCUT2D eigenvalue weighted by Crippen LogP contribution is 2.25. The number of hydrogen-bond donors (Lipinski definition) is 0. The second kappa shape index (κ2) is 5.58. The van der Waals surface area contributed by atoms with Crippen molar-refractivity contribution in [3.63, 3.8) is 0 Å². The van der Waals surface area contributed by atoms with E-state index in [4.69, 9.17) is 5.26 Å². The van der Waals surface area contributed by atoms with Crippen molar-refractivity contribution < 1.29 is 0 Å². The van der Waals surface area contributed by atoms with E-state index in [2.05, 4.69) is 20.9 Å². The number of piperazine rings is 1. The highest BCUT2D eigenvalue weighted by molar-refractivity contribution is 5.42. The summed E-state index contributed by atoms with van der Waals surface area (Å²) in [5.74, 6) is 0.949. The molecule has 19 heavy (non-hydrogen) atoms. The van der Waals surface area contributed by atoms with Crippen LogP contribution in [0, 0.1) is 11.3 Å². The molecule has 0 aromatic carbocycles. The van der Waals surface area contributed by atoms with E-state index in [0.29, 0.717) is 5.69 Å². The monoisotopic (exact) mass is 256 g/mol. The third-order valence-corrected chi connectivity index (χ3v) is 4.33. The van der Waals surface area contributed by atoms with Crippen LogP contribution in [0.15, 0.2) is 18.2 Å². The Kier molecular flexibility index (Phi) is 3.65. The van der Waals surface area contributed by atoms with Gasteiger partial charge in [-0.3, -0.25) is 4.90 Å². The minimum atomic E-state index is 0.510. The molecule has 0 radical (unpaired) electrons. The zero-order valence-corrected chi connectivity index (χ0v) is 11.3. The molecule has 0 unspecified atom stereocenters. The number of rotatable bonds is 2. The number of hydrogen-bond acceptors (Lipinski definition) is 4. The molecule has 3 rings (SSSR count). The lowest BCUT2D eigenvalue weighted by Crippen LogP contribution is -2.50. The summed E-state index contributed by atoms with van der Waals surface area (Å²) >= 11 is 0. The molecule has 0 N–H and O–H groups in total. The molecule has 2 aliphatic rings. The maximum absolute atomic E-state index is 8.91. The van der Waals surface area contributed by atoms with Crippen molar-refractivity contribution in [3.05, 3.63) is 23.9 Å². The Bertz CT molecular complexity index is 465. The molecule has 100 valence electrons. The van der Waals surface area contributed by atoms with Gasteiger partial charge >= 0.3 is 0 Å². The van der Waals surface area contributed by atoms with Gasteiger partial charge < -0.3 is 4.90 Å². The van der Waals surface area contributed by atoms with Gasteiger partial charge in [0.05, 0.1) is 0 Å². The topological polar surface area (TPSA) is 43.2 Å². The number of anilines is 1. The number of pyridine rings is 1. The molecule has 0 atom stereocenters. The van der Waals surface area contributed by atoms with Gasteiger partial charge in [0.25, 0.3) is 0 Å². The first-order chi connectivity index (χ1) is 9.36. The predicted octanol–water partition coefficient (Wildman–Crippen LogP) is 2.02. The minimum Gasteiger partial charge on any atom is -0.354 e. The Balaban J connectivity index is 1.61. The summed E-state index contributed by atoms with van der Waals surface area (Å²) in [6, 6.07) is 8.62. The molecule has 0 bridgehead atoms. The van der Waals surface area contributed by atoms with E-state index in [9.17, 15) is 0 Å². The molecule has 2 fully saturated rings. The zero-order chi connectivity index (χ0) is 13.1. The maximum Gasteiger partial charge on any atom is 0.142 e. The van der Waals surface area contributed by atoms with E-state index in [1.54, 1.807) is 6.07 Å². The first-order valence-electron chi connectivity index (χ1n) is 7.23. The normalized spacial score (nSPS) is 21.5. The zero-order valence-electron chi connectivity index (χ0n) is 11.3. The van der Waals surface area contributed by atoms with Crippen LogP contribution in [-0.4, -0.2) is 42.1 Å². The van der Waals surface area contributed by atoms with Crippen LogP contribution in [0.1, 0.15) is 31.4 Å². The Morgan fingerprint density at radius 2 is 1.84 bits per heavy atom. The van der Waals surface area contributed by atoms with Crippen LogP contribution in [0.3, 0.4) is 0 Å². The van der Waals surface area contributed by atoms with Gasteiger partial charge in [-0.1, -0.05) is 18.9 Å². The molecule has 1 aromatic heterocycles. The van der Waals surface area contributed by atoms with Gasteiger partial charge in [-0.15, -0.1) is 0 Å². The summed E-state index contributed by atoms with van der Waals surface area (Å²) in [4.78, 5) is 9.32. The van der Waals surface area contributed by atoms with Crippen LogP contribution in [0.4, 0.5) is 5.82 Å². The van der Waals surface area contributed by atoms with Crippen molar-refractivity contribution in [2.24, 2.45) is 0 Å². The smallest absolute Gasteiger partial charge is 0.142 e. The summed E-state index contributed by atoms with van der Waals surface area (Å²) in [5, 5.41) is 8.91. The quantitative estimate of drug-likeness (QED) is 0.812. The molecule has 1 saturated carbocycles. The van der Waals surface area contributed by atoms with Gasteiger partial charge in [0.1, 0.15) is 17.6 Å². The van der Waals surface area contributed by atoms with E-state index < -0.39 is 0 Å². The van der Waals surface area contributed by atoms with Gasteiger partial charge in [-0.25, -0.2) is 4.98 Å². The van der Waals surface area contributed by atoms with Crippen LogP contribution in [-0.2, 0) is 0 Å². The number of aromatic nitrogens is 1. The summed E-state index contributed by atoms with van der Waals surface area (Å²) in [7, 11) is 0. The van der Waals surface area contributed by atoms with Crippen molar-refractivity contribution in [2.75, 3.05) is 31.1 Å². The third kappa shape index (κ3) is 2.71. The lowest BCUT2D eigenvalue weighted by molar-refractivity contribution is 0.187. The molecule has 0 spiro atoms. The number of nitrogens with zero attached hydrogens (tertiary/aromatic N) is 4. The largest absolute Gasteiger partial charge is 0.354 e. The van der Waals surface area contributed by atoms with Crippen LogP contribution < -0.4 is 4.90 Å². The summed E-state index contributed by atoms with van der Waals surface area (Å²) < 4.78 is 0. The van der Waals surface area contributed by atoms with Gasteiger partial charge in [0.15, 0.2) is 0 Å². The molecule has 1 aliphatic heterocycles. The summed E-state index contributed by atoms with van der Waals surface area (Å²) in [5.41, 5.74) is 0.510. The van der Waals surface area contributed by atoms with Crippen molar-refractivity contribution in [1.29, 1.82) is 5.26 Å². The average molecular weight is 256 g/mol. The van der Waals surface area contributed by atoms with Crippen LogP contribution >= 0.6 is 0 Å². The first kappa shape index (κ1) is 12.4. The Hall–Kier alpha value is -1.60. The fourth-order valence-corrected chi connectivity index (χ4v) is 3.25. The van der Waals surface area contributed by atoms with Crippen molar-refractivity contribution in [3.8, 4) is 6.07 Å². The van der Waals surface area contributed by atoms with E-state index in [1.165, 1.54) is 25.7 Å². The van der Waals surface area contributed by atoms with Gasteiger partial charge in [0, 0.05) is 32.2 Å². The number of nitriles is 1. The van der Waals surface area contributed by atoms with E-state index in [0.717, 1.165) is 38.0 Å².